The third-order valence-electron chi connectivity index (χ3n) is 5.61. The third-order valence-corrected chi connectivity index (χ3v) is 7.53. The number of amides is 1. The number of nitrogens with one attached hydrogen (secondary N) is 1. The zero-order chi connectivity index (χ0) is 23.1. The molecule has 0 spiro atoms. The number of ether oxygens (including phenoxy) is 1. The molecule has 1 saturated carbocycles. The summed E-state index contributed by atoms with van der Waals surface area (Å²) in [6, 6.07) is 14.5. The first-order chi connectivity index (χ1) is 15.3. The van der Waals surface area contributed by atoms with Crippen LogP contribution in [0.3, 0.4) is 0 Å². The summed E-state index contributed by atoms with van der Waals surface area (Å²) in [6.07, 6.45) is 4.33. The fraction of sp³-hybridized carbons (Fsp3) is 0.417. The molecule has 172 valence electrons. The van der Waals surface area contributed by atoms with Gasteiger partial charge in [-0.3, -0.25) is 9.10 Å². The Labute approximate surface area is 189 Å². The van der Waals surface area contributed by atoms with Crippen molar-refractivity contribution in [2.45, 2.75) is 63.0 Å². The van der Waals surface area contributed by atoms with Crippen LogP contribution < -0.4 is 9.62 Å². The maximum Gasteiger partial charge on any atom is 0.338 e. The standard InChI is InChI=1S/C24H30N2O5S/c1-3-26(21-12-8-5-9-13-21)32(29,30)22-16-14-19(15-17-22)24(28)31-18(2)23(27)25-20-10-6-4-7-11-20/h5,8-9,12-18,20H,3-4,6-7,10-11H2,1-2H3,(H,25,27). The van der Waals surface area contributed by atoms with Crippen molar-refractivity contribution in [2.24, 2.45) is 0 Å². The summed E-state index contributed by atoms with van der Waals surface area (Å²) in [7, 11) is -3.78. The molecule has 32 heavy (non-hydrogen) atoms. The lowest BCUT2D eigenvalue weighted by Crippen LogP contribution is -2.42. The first-order valence-corrected chi connectivity index (χ1v) is 12.5. The van der Waals surface area contributed by atoms with E-state index in [2.05, 4.69) is 5.32 Å². The molecule has 7 nitrogen and oxygen atoms in total. The normalized spacial score (nSPS) is 15.6. The van der Waals surface area contributed by atoms with Crippen LogP contribution in [0.15, 0.2) is 59.5 Å². The zero-order valence-corrected chi connectivity index (χ0v) is 19.3. The highest BCUT2D eigenvalue weighted by Crippen LogP contribution is 2.24. The Hall–Kier alpha value is -2.87. The Morgan fingerprint density at radius 1 is 1.03 bits per heavy atom. The van der Waals surface area contributed by atoms with Crippen LogP contribution in [-0.2, 0) is 19.6 Å². The van der Waals surface area contributed by atoms with Crippen LogP contribution in [0, 0.1) is 0 Å². The minimum Gasteiger partial charge on any atom is -0.449 e. The van der Waals surface area contributed by atoms with Gasteiger partial charge in [-0.25, -0.2) is 13.2 Å². The average Bonchev–Trinajstić information content (AvgIpc) is 2.80. The van der Waals surface area contributed by atoms with Crippen molar-refractivity contribution in [3.8, 4) is 0 Å². The van der Waals surface area contributed by atoms with E-state index >= 15 is 0 Å². The van der Waals surface area contributed by atoms with Gasteiger partial charge in [0.15, 0.2) is 6.10 Å². The summed E-state index contributed by atoms with van der Waals surface area (Å²) >= 11 is 0. The number of para-hydroxylation sites is 1. The van der Waals surface area contributed by atoms with E-state index in [1.165, 1.54) is 41.9 Å². The molecule has 1 amide bonds. The molecule has 1 atom stereocenters. The van der Waals surface area contributed by atoms with Crippen molar-refractivity contribution in [2.75, 3.05) is 10.8 Å². The minimum atomic E-state index is -3.78. The monoisotopic (exact) mass is 458 g/mol. The molecule has 1 aliphatic rings. The summed E-state index contributed by atoms with van der Waals surface area (Å²) in [5, 5.41) is 2.94. The number of hydrogen-bond acceptors (Lipinski definition) is 5. The van der Waals surface area contributed by atoms with Crippen molar-refractivity contribution in [1.82, 2.24) is 5.32 Å². The van der Waals surface area contributed by atoms with E-state index in [9.17, 15) is 18.0 Å². The van der Waals surface area contributed by atoms with Crippen molar-refractivity contribution in [3.63, 3.8) is 0 Å². The first-order valence-electron chi connectivity index (χ1n) is 11.0. The van der Waals surface area contributed by atoms with E-state index in [1.54, 1.807) is 31.2 Å². The molecule has 1 unspecified atom stereocenters. The van der Waals surface area contributed by atoms with Crippen LogP contribution in [0.2, 0.25) is 0 Å². The summed E-state index contributed by atoms with van der Waals surface area (Å²) in [4.78, 5) is 24.9. The predicted molar refractivity (Wildman–Crippen MR) is 123 cm³/mol. The largest absolute Gasteiger partial charge is 0.449 e. The lowest BCUT2D eigenvalue weighted by Gasteiger charge is -2.24. The quantitative estimate of drug-likeness (QED) is 0.606. The molecule has 0 radical (unpaired) electrons. The van der Waals surface area contributed by atoms with E-state index in [-0.39, 0.29) is 29.0 Å². The van der Waals surface area contributed by atoms with Crippen LogP contribution in [0.4, 0.5) is 5.69 Å². The zero-order valence-electron chi connectivity index (χ0n) is 18.5. The maximum atomic E-state index is 13.1. The fourth-order valence-electron chi connectivity index (χ4n) is 3.82. The summed E-state index contributed by atoms with van der Waals surface area (Å²) < 4.78 is 32.7. The van der Waals surface area contributed by atoms with Gasteiger partial charge in [0.05, 0.1) is 16.1 Å². The van der Waals surface area contributed by atoms with Gasteiger partial charge < -0.3 is 10.1 Å². The molecule has 2 aromatic carbocycles. The first kappa shape index (κ1) is 23.8. The van der Waals surface area contributed by atoms with E-state index < -0.39 is 22.1 Å². The SMILES string of the molecule is CCN(c1ccccc1)S(=O)(=O)c1ccc(C(=O)OC(C)C(=O)NC2CCCCC2)cc1. The molecule has 0 saturated heterocycles. The minimum absolute atomic E-state index is 0.0721. The van der Waals surface area contributed by atoms with Crippen molar-refractivity contribution < 1.29 is 22.7 Å². The molecule has 2 aromatic rings. The summed E-state index contributed by atoms with van der Waals surface area (Å²) in [5.74, 6) is -0.985. The fourth-order valence-corrected chi connectivity index (χ4v) is 5.30. The molecule has 0 aliphatic heterocycles. The molecule has 0 aromatic heterocycles. The Morgan fingerprint density at radius 2 is 1.66 bits per heavy atom. The Bertz CT molecular complexity index is 1020. The second kappa shape index (κ2) is 10.6. The van der Waals surface area contributed by atoms with E-state index in [4.69, 9.17) is 4.74 Å². The molecule has 1 aliphatic carbocycles. The Morgan fingerprint density at radius 3 is 2.25 bits per heavy atom. The van der Waals surface area contributed by atoms with Crippen LogP contribution in [0.1, 0.15) is 56.3 Å². The van der Waals surface area contributed by atoms with Gasteiger partial charge in [-0.05, 0) is 63.1 Å². The van der Waals surface area contributed by atoms with Gasteiger partial charge in [-0.1, -0.05) is 37.5 Å². The van der Waals surface area contributed by atoms with Gasteiger partial charge in [0.25, 0.3) is 15.9 Å². The van der Waals surface area contributed by atoms with Crippen molar-refractivity contribution >= 4 is 27.6 Å². The predicted octanol–water partition coefficient (Wildman–Crippen LogP) is 3.90. The van der Waals surface area contributed by atoms with Gasteiger partial charge >= 0.3 is 5.97 Å². The number of rotatable bonds is 8. The molecule has 3 rings (SSSR count). The van der Waals surface area contributed by atoms with Crippen LogP contribution in [-0.4, -0.2) is 39.0 Å². The van der Waals surface area contributed by atoms with Gasteiger partial charge in [-0.2, -0.15) is 0 Å². The molecule has 1 N–H and O–H groups in total. The van der Waals surface area contributed by atoms with Gasteiger partial charge in [0.2, 0.25) is 0 Å². The molecule has 0 heterocycles. The molecule has 8 heteroatoms. The highest BCUT2D eigenvalue weighted by molar-refractivity contribution is 7.92. The van der Waals surface area contributed by atoms with E-state index in [1.807, 2.05) is 6.07 Å². The summed E-state index contributed by atoms with van der Waals surface area (Å²) in [5.41, 5.74) is 0.750. The lowest BCUT2D eigenvalue weighted by molar-refractivity contribution is -0.130. The average molecular weight is 459 g/mol. The van der Waals surface area contributed by atoms with E-state index in [0.29, 0.717) is 5.69 Å². The number of carbonyl (C=O) groups excluding carboxylic acids is 2. The smallest absolute Gasteiger partial charge is 0.338 e. The molecule has 0 bridgehead atoms. The molecular formula is C24H30N2O5S. The van der Waals surface area contributed by atoms with Crippen LogP contribution >= 0.6 is 0 Å². The highest BCUT2D eigenvalue weighted by Gasteiger charge is 2.25. The third kappa shape index (κ3) is 5.68. The topological polar surface area (TPSA) is 92.8 Å². The van der Waals surface area contributed by atoms with Crippen molar-refractivity contribution in [3.05, 3.63) is 60.2 Å². The van der Waals surface area contributed by atoms with Crippen molar-refractivity contribution in [1.29, 1.82) is 0 Å². The number of hydrogen-bond donors (Lipinski definition) is 1. The number of sulfonamides is 1. The summed E-state index contributed by atoms with van der Waals surface area (Å²) in [6.45, 7) is 3.56. The Balaban J connectivity index is 1.65. The van der Waals surface area contributed by atoms with Crippen LogP contribution in [0.25, 0.3) is 0 Å². The second-order valence-corrected chi connectivity index (χ2v) is 9.78. The molecule has 1 fully saturated rings. The lowest BCUT2D eigenvalue weighted by atomic mass is 9.95. The molecular weight excluding hydrogens is 428 g/mol. The number of nitrogens with zero attached hydrogens (tertiary/aromatic N) is 1. The number of anilines is 1. The van der Waals surface area contributed by atoms with E-state index in [0.717, 1.165) is 25.7 Å². The number of esters is 1. The Kier molecular flexibility index (Phi) is 7.90. The van der Waals surface area contributed by atoms with Crippen LogP contribution in [0.5, 0.6) is 0 Å². The highest BCUT2D eigenvalue weighted by atomic mass is 32.2. The number of carbonyl (C=O) groups is 2. The van der Waals surface area contributed by atoms with Gasteiger partial charge in [-0.15, -0.1) is 0 Å². The van der Waals surface area contributed by atoms with Gasteiger partial charge in [0.1, 0.15) is 0 Å². The number of benzene rings is 2. The van der Waals surface area contributed by atoms with Gasteiger partial charge in [0, 0.05) is 12.6 Å². The second-order valence-electron chi connectivity index (χ2n) is 7.92. The maximum absolute atomic E-state index is 13.1.